The third-order valence-corrected chi connectivity index (χ3v) is 3.75. The zero-order chi connectivity index (χ0) is 15.0. The number of hydrogen-bond donors (Lipinski definition) is 1. The van der Waals surface area contributed by atoms with Crippen LogP contribution in [0.4, 0.5) is 0 Å². The van der Waals surface area contributed by atoms with Crippen LogP contribution < -0.4 is 14.2 Å². The van der Waals surface area contributed by atoms with Crippen LogP contribution in [0.15, 0.2) is 18.3 Å². The van der Waals surface area contributed by atoms with E-state index >= 15 is 0 Å². The van der Waals surface area contributed by atoms with Crippen LogP contribution in [-0.2, 0) is 6.42 Å². The average Bonchev–Trinajstić information content (AvgIpc) is 2.89. The van der Waals surface area contributed by atoms with Crippen LogP contribution in [0, 0.1) is 0 Å². The number of benzene rings is 1. The van der Waals surface area contributed by atoms with Crippen molar-refractivity contribution in [1.29, 1.82) is 0 Å². The molecule has 2 aromatic heterocycles. The van der Waals surface area contributed by atoms with Crippen LogP contribution in [-0.4, -0.2) is 31.3 Å². The molecule has 5 nitrogen and oxygen atoms in total. The topological polar surface area (TPSA) is 56.4 Å². The molecule has 0 aliphatic heterocycles. The van der Waals surface area contributed by atoms with E-state index < -0.39 is 0 Å². The van der Waals surface area contributed by atoms with Gasteiger partial charge in [-0.3, -0.25) is 0 Å². The molecule has 2 heterocycles. The van der Waals surface area contributed by atoms with Gasteiger partial charge in [0.05, 0.1) is 38.6 Å². The maximum atomic E-state index is 5.41. The second kappa shape index (κ2) is 5.16. The van der Waals surface area contributed by atoms with Gasteiger partial charge in [0.1, 0.15) is 0 Å². The molecule has 3 aromatic rings. The highest BCUT2D eigenvalue weighted by molar-refractivity contribution is 6.10. The van der Waals surface area contributed by atoms with Crippen molar-refractivity contribution in [2.45, 2.75) is 13.3 Å². The SMILES string of the molecule is CCc1c(OC)ncc2[nH]c3cc(OC)c(OC)cc3c12. The predicted octanol–water partition coefficient (Wildman–Crippen LogP) is 3.30. The summed E-state index contributed by atoms with van der Waals surface area (Å²) in [7, 11) is 4.92. The Balaban J connectivity index is 2.43. The molecule has 1 N–H and O–H groups in total. The van der Waals surface area contributed by atoms with E-state index in [1.807, 2.05) is 12.1 Å². The molecule has 0 aliphatic rings. The fourth-order valence-electron chi connectivity index (χ4n) is 2.78. The van der Waals surface area contributed by atoms with Gasteiger partial charge in [-0.15, -0.1) is 0 Å². The zero-order valence-electron chi connectivity index (χ0n) is 12.6. The molecule has 0 amide bonds. The maximum absolute atomic E-state index is 5.41. The molecule has 0 unspecified atom stereocenters. The van der Waals surface area contributed by atoms with Gasteiger partial charge in [0.15, 0.2) is 11.5 Å². The number of ether oxygens (including phenoxy) is 3. The number of rotatable bonds is 4. The number of methoxy groups -OCH3 is 3. The lowest BCUT2D eigenvalue weighted by atomic mass is 10.1. The van der Waals surface area contributed by atoms with E-state index in [0.29, 0.717) is 17.4 Å². The number of pyridine rings is 1. The van der Waals surface area contributed by atoms with Gasteiger partial charge >= 0.3 is 0 Å². The minimum absolute atomic E-state index is 0.667. The zero-order valence-corrected chi connectivity index (χ0v) is 12.6. The predicted molar refractivity (Wildman–Crippen MR) is 82.6 cm³/mol. The van der Waals surface area contributed by atoms with Crippen molar-refractivity contribution in [2.24, 2.45) is 0 Å². The van der Waals surface area contributed by atoms with Gasteiger partial charge in [-0.2, -0.15) is 0 Å². The van der Waals surface area contributed by atoms with Gasteiger partial charge in [0.2, 0.25) is 5.88 Å². The molecule has 21 heavy (non-hydrogen) atoms. The number of aryl methyl sites for hydroxylation is 1. The summed E-state index contributed by atoms with van der Waals surface area (Å²) in [5.74, 6) is 2.08. The van der Waals surface area contributed by atoms with E-state index in [-0.39, 0.29) is 0 Å². The first-order chi connectivity index (χ1) is 10.2. The van der Waals surface area contributed by atoms with Crippen LogP contribution in [0.5, 0.6) is 17.4 Å². The van der Waals surface area contributed by atoms with Crippen molar-refractivity contribution >= 4 is 21.8 Å². The molecule has 0 saturated heterocycles. The molecule has 0 atom stereocenters. The Hall–Kier alpha value is -2.43. The first kappa shape index (κ1) is 13.5. The van der Waals surface area contributed by atoms with Gasteiger partial charge < -0.3 is 19.2 Å². The number of fused-ring (bicyclic) bond motifs is 3. The Kier molecular flexibility index (Phi) is 3.33. The summed E-state index contributed by atoms with van der Waals surface area (Å²) in [5.41, 5.74) is 3.07. The Morgan fingerprint density at radius 3 is 2.33 bits per heavy atom. The van der Waals surface area contributed by atoms with Crippen molar-refractivity contribution in [3.63, 3.8) is 0 Å². The van der Waals surface area contributed by atoms with E-state index in [2.05, 4.69) is 16.9 Å². The molecule has 5 heteroatoms. The molecule has 1 aromatic carbocycles. The van der Waals surface area contributed by atoms with E-state index in [1.54, 1.807) is 27.5 Å². The van der Waals surface area contributed by atoms with Crippen LogP contribution in [0.2, 0.25) is 0 Å². The number of aromatic nitrogens is 2. The van der Waals surface area contributed by atoms with E-state index in [9.17, 15) is 0 Å². The lowest BCUT2D eigenvalue weighted by Gasteiger charge is -2.09. The van der Waals surface area contributed by atoms with Gasteiger partial charge in [0.25, 0.3) is 0 Å². The smallest absolute Gasteiger partial charge is 0.216 e. The molecule has 0 fully saturated rings. The van der Waals surface area contributed by atoms with Crippen molar-refractivity contribution in [3.05, 3.63) is 23.9 Å². The number of hydrogen-bond acceptors (Lipinski definition) is 4. The average molecular weight is 286 g/mol. The summed E-state index contributed by atoms with van der Waals surface area (Å²) >= 11 is 0. The fraction of sp³-hybridized carbons (Fsp3) is 0.312. The Morgan fingerprint density at radius 1 is 1.00 bits per heavy atom. The monoisotopic (exact) mass is 286 g/mol. The highest BCUT2D eigenvalue weighted by atomic mass is 16.5. The van der Waals surface area contributed by atoms with Crippen molar-refractivity contribution in [1.82, 2.24) is 9.97 Å². The fourth-order valence-corrected chi connectivity index (χ4v) is 2.78. The summed E-state index contributed by atoms with van der Waals surface area (Å²) in [5, 5.41) is 2.21. The second-order valence-corrected chi connectivity index (χ2v) is 4.77. The molecule has 0 radical (unpaired) electrons. The van der Waals surface area contributed by atoms with E-state index in [1.165, 1.54) is 0 Å². The van der Waals surface area contributed by atoms with Crippen LogP contribution in [0.3, 0.4) is 0 Å². The highest BCUT2D eigenvalue weighted by Crippen LogP contribution is 2.38. The lowest BCUT2D eigenvalue weighted by Crippen LogP contribution is -1.94. The Bertz CT molecular complexity index is 808. The van der Waals surface area contributed by atoms with Crippen molar-refractivity contribution in [2.75, 3.05) is 21.3 Å². The van der Waals surface area contributed by atoms with Gasteiger partial charge in [-0.05, 0) is 12.5 Å². The third-order valence-electron chi connectivity index (χ3n) is 3.75. The normalized spacial score (nSPS) is 11.0. The molecule has 0 bridgehead atoms. The largest absolute Gasteiger partial charge is 0.493 e. The number of nitrogens with one attached hydrogen (secondary N) is 1. The molecule has 0 aliphatic carbocycles. The van der Waals surface area contributed by atoms with Crippen LogP contribution in [0.25, 0.3) is 21.8 Å². The van der Waals surface area contributed by atoms with Crippen LogP contribution in [0.1, 0.15) is 12.5 Å². The summed E-state index contributed by atoms with van der Waals surface area (Å²) in [6.07, 6.45) is 2.64. The molecular weight excluding hydrogens is 268 g/mol. The van der Waals surface area contributed by atoms with Crippen LogP contribution >= 0.6 is 0 Å². The summed E-state index contributed by atoms with van der Waals surface area (Å²) in [6, 6.07) is 3.94. The second-order valence-electron chi connectivity index (χ2n) is 4.77. The minimum atomic E-state index is 0.667. The number of H-pyrrole nitrogens is 1. The van der Waals surface area contributed by atoms with Gasteiger partial charge in [0, 0.05) is 22.4 Å². The first-order valence-corrected chi connectivity index (χ1v) is 6.82. The minimum Gasteiger partial charge on any atom is -0.493 e. The molecular formula is C16H18N2O3. The van der Waals surface area contributed by atoms with E-state index in [4.69, 9.17) is 14.2 Å². The summed E-state index contributed by atoms with van der Waals surface area (Å²) in [4.78, 5) is 7.74. The number of aromatic amines is 1. The van der Waals surface area contributed by atoms with Gasteiger partial charge in [-0.1, -0.05) is 6.92 Å². The summed E-state index contributed by atoms with van der Waals surface area (Å²) in [6.45, 7) is 2.10. The van der Waals surface area contributed by atoms with Gasteiger partial charge in [-0.25, -0.2) is 4.98 Å². The standard InChI is InChI=1S/C16H18N2O3/c1-5-9-15-10-6-13(19-2)14(20-3)7-11(10)18-12(15)8-17-16(9)21-4/h6-8,18H,5H2,1-4H3. The molecule has 3 rings (SSSR count). The maximum Gasteiger partial charge on any atom is 0.216 e. The quantitative estimate of drug-likeness (QED) is 0.799. The summed E-state index contributed by atoms with van der Waals surface area (Å²) < 4.78 is 16.1. The number of nitrogens with zero attached hydrogens (tertiary/aromatic N) is 1. The van der Waals surface area contributed by atoms with Crippen molar-refractivity contribution < 1.29 is 14.2 Å². The van der Waals surface area contributed by atoms with E-state index in [0.717, 1.165) is 33.8 Å². The molecule has 110 valence electrons. The van der Waals surface area contributed by atoms with Crippen molar-refractivity contribution in [3.8, 4) is 17.4 Å². The molecule has 0 spiro atoms. The first-order valence-electron chi connectivity index (χ1n) is 6.82. The third kappa shape index (κ3) is 1.96. The highest BCUT2D eigenvalue weighted by Gasteiger charge is 2.16. The lowest BCUT2D eigenvalue weighted by molar-refractivity contribution is 0.356. The molecule has 0 saturated carbocycles. The Morgan fingerprint density at radius 2 is 1.71 bits per heavy atom. The Labute approximate surface area is 122 Å².